The van der Waals surface area contributed by atoms with Crippen LogP contribution in [0.2, 0.25) is 5.02 Å². The minimum absolute atomic E-state index is 0.00195. The number of carboxylic acid groups (broad SMARTS) is 1. The lowest BCUT2D eigenvalue weighted by atomic mass is 9.93. The van der Waals surface area contributed by atoms with E-state index in [1.165, 1.54) is 6.07 Å². The molecule has 1 aromatic carbocycles. The van der Waals surface area contributed by atoms with Crippen LogP contribution < -0.4 is 5.32 Å². The van der Waals surface area contributed by atoms with Crippen LogP contribution in [0.4, 0.5) is 0 Å². The highest BCUT2D eigenvalue weighted by molar-refractivity contribution is 6.33. The number of aromatic nitrogens is 1. The minimum atomic E-state index is -1.10. The number of hydrogen-bond acceptors (Lipinski definition) is 5. The van der Waals surface area contributed by atoms with E-state index in [0.717, 1.165) is 6.42 Å². The van der Waals surface area contributed by atoms with Crippen molar-refractivity contribution in [3.63, 3.8) is 0 Å². The van der Waals surface area contributed by atoms with Gasteiger partial charge >= 0.3 is 5.97 Å². The summed E-state index contributed by atoms with van der Waals surface area (Å²) in [5.41, 5.74) is 0.601. The number of rotatable bonds is 5. The molecule has 0 radical (unpaired) electrons. The van der Waals surface area contributed by atoms with Crippen LogP contribution in [-0.2, 0) is 9.53 Å². The molecule has 1 aromatic heterocycles. The van der Waals surface area contributed by atoms with E-state index in [4.69, 9.17) is 20.9 Å². The lowest BCUT2D eigenvalue weighted by Crippen LogP contribution is -2.48. The van der Waals surface area contributed by atoms with E-state index in [2.05, 4.69) is 10.5 Å². The third-order valence-corrected chi connectivity index (χ3v) is 4.43. The predicted octanol–water partition coefficient (Wildman–Crippen LogP) is 2.60. The zero-order chi connectivity index (χ0) is 17.8. The first kappa shape index (κ1) is 17.4. The SMILES string of the molecule is O=C(NC(C(=O)O)C1CCCOC1)c1cc(-c2ccccc2Cl)on1. The molecule has 8 heteroatoms. The lowest BCUT2D eigenvalue weighted by Gasteiger charge is -2.27. The van der Waals surface area contributed by atoms with Crippen LogP contribution in [0.5, 0.6) is 0 Å². The standard InChI is InChI=1S/C17H17ClN2O5/c18-12-6-2-1-5-11(12)14-8-13(20-25-14)16(21)19-15(17(22)23)10-4-3-7-24-9-10/h1-2,5-6,8,10,15H,3-4,7,9H2,(H,19,21)(H,22,23). The molecule has 1 aliphatic rings. The second-order valence-corrected chi connectivity index (χ2v) is 6.23. The molecule has 2 heterocycles. The highest BCUT2D eigenvalue weighted by Crippen LogP contribution is 2.28. The molecule has 3 rings (SSSR count). The number of nitrogens with one attached hydrogen (secondary N) is 1. The van der Waals surface area contributed by atoms with Gasteiger partial charge in [-0.3, -0.25) is 4.79 Å². The van der Waals surface area contributed by atoms with Crippen LogP contribution in [0, 0.1) is 5.92 Å². The molecule has 7 nitrogen and oxygen atoms in total. The molecule has 25 heavy (non-hydrogen) atoms. The number of hydrogen-bond donors (Lipinski definition) is 2. The number of amides is 1. The van der Waals surface area contributed by atoms with Crippen molar-refractivity contribution in [2.24, 2.45) is 5.92 Å². The van der Waals surface area contributed by atoms with Crippen LogP contribution >= 0.6 is 11.6 Å². The fraction of sp³-hybridized carbons (Fsp3) is 0.353. The van der Waals surface area contributed by atoms with Gasteiger partial charge in [-0.1, -0.05) is 28.9 Å². The van der Waals surface area contributed by atoms with E-state index in [0.29, 0.717) is 36.0 Å². The molecular formula is C17H17ClN2O5. The summed E-state index contributed by atoms with van der Waals surface area (Å²) in [5, 5.41) is 16.1. The van der Waals surface area contributed by atoms with Crippen LogP contribution in [0.25, 0.3) is 11.3 Å². The van der Waals surface area contributed by atoms with Crippen LogP contribution in [0.15, 0.2) is 34.9 Å². The Morgan fingerprint density at radius 1 is 1.36 bits per heavy atom. The zero-order valence-corrected chi connectivity index (χ0v) is 14.0. The molecular weight excluding hydrogens is 348 g/mol. The third kappa shape index (κ3) is 4.00. The summed E-state index contributed by atoms with van der Waals surface area (Å²) in [5.74, 6) is -1.65. The normalized spacial score (nSPS) is 18.5. The molecule has 0 spiro atoms. The van der Waals surface area contributed by atoms with Gasteiger partial charge in [-0.25, -0.2) is 4.79 Å². The van der Waals surface area contributed by atoms with Crippen molar-refractivity contribution in [1.82, 2.24) is 10.5 Å². The van der Waals surface area contributed by atoms with Crippen molar-refractivity contribution >= 4 is 23.5 Å². The Morgan fingerprint density at radius 3 is 2.84 bits per heavy atom. The number of aliphatic carboxylic acids is 1. The molecule has 0 bridgehead atoms. The topological polar surface area (TPSA) is 102 Å². The average molecular weight is 365 g/mol. The molecule has 2 aromatic rings. The Labute approximate surface area is 148 Å². The van der Waals surface area contributed by atoms with Gasteiger partial charge in [-0.15, -0.1) is 0 Å². The van der Waals surface area contributed by atoms with Gasteiger partial charge in [0.25, 0.3) is 5.91 Å². The third-order valence-electron chi connectivity index (χ3n) is 4.10. The second kappa shape index (κ2) is 7.67. The summed E-state index contributed by atoms with van der Waals surface area (Å²) in [6.45, 7) is 0.919. The van der Waals surface area contributed by atoms with Crippen molar-refractivity contribution in [2.45, 2.75) is 18.9 Å². The molecule has 1 aliphatic heterocycles. The summed E-state index contributed by atoms with van der Waals surface area (Å²) in [4.78, 5) is 23.9. The van der Waals surface area contributed by atoms with Crippen LogP contribution in [-0.4, -0.2) is 41.4 Å². The van der Waals surface area contributed by atoms with Crippen molar-refractivity contribution in [1.29, 1.82) is 0 Å². The number of carbonyl (C=O) groups excluding carboxylic acids is 1. The summed E-state index contributed by atoms with van der Waals surface area (Å²) in [7, 11) is 0. The quantitative estimate of drug-likeness (QED) is 0.845. The molecule has 1 fully saturated rings. The number of halogens is 1. The highest BCUT2D eigenvalue weighted by Gasteiger charge is 2.32. The van der Waals surface area contributed by atoms with Gasteiger partial charge in [0.1, 0.15) is 6.04 Å². The van der Waals surface area contributed by atoms with Crippen LogP contribution in [0.3, 0.4) is 0 Å². The van der Waals surface area contributed by atoms with Gasteiger partial charge in [0.05, 0.1) is 11.6 Å². The summed E-state index contributed by atoms with van der Waals surface area (Å²) in [6, 6.07) is 7.40. The highest BCUT2D eigenvalue weighted by atomic mass is 35.5. The zero-order valence-electron chi connectivity index (χ0n) is 13.3. The van der Waals surface area contributed by atoms with E-state index >= 15 is 0 Å². The molecule has 2 unspecified atom stereocenters. The average Bonchev–Trinajstić information content (AvgIpc) is 3.10. The molecule has 0 saturated carbocycles. The Hall–Kier alpha value is -2.38. The summed E-state index contributed by atoms with van der Waals surface area (Å²) in [6.07, 6.45) is 1.45. The van der Waals surface area contributed by atoms with Gasteiger partial charge in [-0.05, 0) is 25.0 Å². The maximum Gasteiger partial charge on any atom is 0.326 e. The Morgan fingerprint density at radius 2 is 2.16 bits per heavy atom. The largest absolute Gasteiger partial charge is 0.480 e. The van der Waals surface area contributed by atoms with Gasteiger partial charge in [0.2, 0.25) is 0 Å². The molecule has 1 saturated heterocycles. The van der Waals surface area contributed by atoms with E-state index in [9.17, 15) is 14.7 Å². The summed E-state index contributed by atoms with van der Waals surface area (Å²) >= 11 is 6.10. The number of nitrogens with zero attached hydrogens (tertiary/aromatic N) is 1. The molecule has 0 aliphatic carbocycles. The van der Waals surface area contributed by atoms with Crippen molar-refractivity contribution in [2.75, 3.05) is 13.2 Å². The van der Waals surface area contributed by atoms with E-state index in [-0.39, 0.29) is 11.6 Å². The number of ether oxygens (including phenoxy) is 1. The van der Waals surface area contributed by atoms with Gasteiger partial charge in [-0.2, -0.15) is 0 Å². The predicted molar refractivity (Wildman–Crippen MR) is 89.4 cm³/mol. The van der Waals surface area contributed by atoms with Gasteiger partial charge in [0, 0.05) is 24.2 Å². The molecule has 2 atom stereocenters. The molecule has 2 N–H and O–H groups in total. The number of carboxylic acids is 1. The first-order valence-electron chi connectivity index (χ1n) is 7.89. The Kier molecular flexibility index (Phi) is 5.35. The Balaban J connectivity index is 1.74. The molecule has 1 amide bonds. The van der Waals surface area contributed by atoms with E-state index < -0.39 is 17.9 Å². The Bertz CT molecular complexity index is 770. The fourth-order valence-electron chi connectivity index (χ4n) is 2.80. The first-order valence-corrected chi connectivity index (χ1v) is 8.27. The van der Waals surface area contributed by atoms with E-state index in [1.807, 2.05) is 0 Å². The van der Waals surface area contributed by atoms with Crippen molar-refractivity contribution in [3.8, 4) is 11.3 Å². The van der Waals surface area contributed by atoms with E-state index in [1.54, 1.807) is 24.3 Å². The van der Waals surface area contributed by atoms with Crippen molar-refractivity contribution in [3.05, 3.63) is 41.0 Å². The minimum Gasteiger partial charge on any atom is -0.480 e. The smallest absolute Gasteiger partial charge is 0.326 e. The monoisotopic (exact) mass is 364 g/mol. The van der Waals surface area contributed by atoms with Gasteiger partial charge in [0.15, 0.2) is 11.5 Å². The fourth-order valence-corrected chi connectivity index (χ4v) is 3.02. The van der Waals surface area contributed by atoms with Crippen LogP contribution in [0.1, 0.15) is 23.3 Å². The summed E-state index contributed by atoms with van der Waals surface area (Å²) < 4.78 is 10.5. The first-order chi connectivity index (χ1) is 12.1. The number of carbonyl (C=O) groups is 2. The maximum absolute atomic E-state index is 12.4. The van der Waals surface area contributed by atoms with Crippen molar-refractivity contribution < 1.29 is 24.0 Å². The van der Waals surface area contributed by atoms with Gasteiger partial charge < -0.3 is 19.7 Å². The molecule has 132 valence electrons. The second-order valence-electron chi connectivity index (χ2n) is 5.82. The maximum atomic E-state index is 12.4. The number of benzene rings is 1. The lowest BCUT2D eigenvalue weighted by molar-refractivity contribution is -0.142.